The summed E-state index contributed by atoms with van der Waals surface area (Å²) in [6.07, 6.45) is 3.14. The van der Waals surface area contributed by atoms with Crippen LogP contribution in [-0.4, -0.2) is 27.9 Å². The Balaban J connectivity index is 1.93. The van der Waals surface area contributed by atoms with E-state index in [1.807, 2.05) is 24.3 Å². The van der Waals surface area contributed by atoms with E-state index in [0.29, 0.717) is 6.42 Å². The van der Waals surface area contributed by atoms with Gasteiger partial charge < -0.3 is 4.74 Å². The van der Waals surface area contributed by atoms with Gasteiger partial charge >= 0.3 is 0 Å². The molecule has 0 saturated heterocycles. The Labute approximate surface area is 98.2 Å². The molecule has 0 atom stereocenters. The summed E-state index contributed by atoms with van der Waals surface area (Å²) < 4.78 is 6.45. The molecule has 88 valence electrons. The van der Waals surface area contributed by atoms with Crippen LogP contribution in [-0.2, 0) is 11.2 Å². The molecular weight excluding hydrogens is 220 g/mol. The summed E-state index contributed by atoms with van der Waals surface area (Å²) in [5.41, 5.74) is 3.53. The summed E-state index contributed by atoms with van der Waals surface area (Å²) in [6, 6.07) is 7.35. The van der Waals surface area contributed by atoms with Crippen LogP contribution >= 0.6 is 0 Å². The molecule has 0 saturated carbocycles. The number of hydrogen-bond acceptors (Lipinski definition) is 4. The Morgan fingerprint density at radius 3 is 2.53 bits per heavy atom. The molecule has 17 heavy (non-hydrogen) atoms. The predicted molar refractivity (Wildman–Crippen MR) is 61.1 cm³/mol. The van der Waals surface area contributed by atoms with Gasteiger partial charge in [0, 0.05) is 0 Å². The molecule has 1 aromatic heterocycles. The van der Waals surface area contributed by atoms with E-state index >= 15 is 0 Å². The summed E-state index contributed by atoms with van der Waals surface area (Å²) >= 11 is 0. The molecular formula is C11H12N4O2. The number of aromatic nitrogens is 3. The summed E-state index contributed by atoms with van der Waals surface area (Å²) in [5, 5.41) is 7.17. The van der Waals surface area contributed by atoms with E-state index in [9.17, 15) is 4.79 Å². The maximum Gasteiger partial charge on any atom is 0.243 e. The van der Waals surface area contributed by atoms with Crippen molar-refractivity contribution in [3.8, 4) is 5.75 Å². The third-order valence-electron chi connectivity index (χ3n) is 2.20. The first-order valence-corrected chi connectivity index (χ1v) is 5.05. The standard InChI is InChI=1S/C11H12N4O2/c1-17-10-4-2-9(3-5-10)6-11(16)14-15-7-12-13-8-15/h2-5,7-8H,6H2,1H3,(H,14,16). The fourth-order valence-electron chi connectivity index (χ4n) is 1.37. The summed E-state index contributed by atoms with van der Waals surface area (Å²) in [5.74, 6) is 0.642. The Hall–Kier alpha value is -2.37. The topological polar surface area (TPSA) is 69.0 Å². The number of carbonyl (C=O) groups is 1. The number of nitrogens with one attached hydrogen (secondary N) is 1. The molecule has 6 heteroatoms. The first kappa shape index (κ1) is 11.1. The highest BCUT2D eigenvalue weighted by atomic mass is 16.5. The Morgan fingerprint density at radius 2 is 1.94 bits per heavy atom. The van der Waals surface area contributed by atoms with Gasteiger partial charge in [-0.25, -0.2) is 4.68 Å². The average Bonchev–Trinajstić information content (AvgIpc) is 2.82. The van der Waals surface area contributed by atoms with Crippen LogP contribution in [0.2, 0.25) is 0 Å². The van der Waals surface area contributed by atoms with E-state index in [1.165, 1.54) is 17.3 Å². The van der Waals surface area contributed by atoms with Crippen LogP contribution in [0.3, 0.4) is 0 Å². The lowest BCUT2D eigenvalue weighted by molar-refractivity contribution is -0.116. The maximum absolute atomic E-state index is 11.6. The van der Waals surface area contributed by atoms with Crippen molar-refractivity contribution in [2.45, 2.75) is 6.42 Å². The van der Waals surface area contributed by atoms with E-state index in [4.69, 9.17) is 4.74 Å². The van der Waals surface area contributed by atoms with Crippen molar-refractivity contribution in [3.05, 3.63) is 42.5 Å². The first-order valence-electron chi connectivity index (χ1n) is 5.05. The van der Waals surface area contributed by atoms with Crippen LogP contribution in [0.5, 0.6) is 5.75 Å². The van der Waals surface area contributed by atoms with Gasteiger partial charge in [0.05, 0.1) is 13.5 Å². The molecule has 0 unspecified atom stereocenters. The molecule has 0 spiro atoms. The zero-order valence-electron chi connectivity index (χ0n) is 9.33. The second kappa shape index (κ2) is 5.11. The van der Waals surface area contributed by atoms with Gasteiger partial charge in [-0.15, -0.1) is 10.2 Å². The molecule has 0 aliphatic heterocycles. The third-order valence-corrected chi connectivity index (χ3v) is 2.20. The van der Waals surface area contributed by atoms with Gasteiger partial charge in [-0.05, 0) is 17.7 Å². The number of methoxy groups -OCH3 is 1. The summed E-state index contributed by atoms with van der Waals surface area (Å²) in [4.78, 5) is 11.6. The van der Waals surface area contributed by atoms with Gasteiger partial charge in [-0.3, -0.25) is 10.2 Å². The lowest BCUT2D eigenvalue weighted by atomic mass is 10.1. The molecule has 2 aromatic rings. The van der Waals surface area contributed by atoms with E-state index in [-0.39, 0.29) is 5.91 Å². The quantitative estimate of drug-likeness (QED) is 0.838. The zero-order valence-corrected chi connectivity index (χ0v) is 9.33. The van der Waals surface area contributed by atoms with Crippen molar-refractivity contribution in [1.82, 2.24) is 14.9 Å². The monoisotopic (exact) mass is 232 g/mol. The molecule has 0 aliphatic carbocycles. The first-order chi connectivity index (χ1) is 8.28. The highest BCUT2D eigenvalue weighted by molar-refractivity contribution is 5.85. The van der Waals surface area contributed by atoms with Crippen LogP contribution in [0, 0.1) is 0 Å². The number of hydrogen-bond donors (Lipinski definition) is 1. The minimum absolute atomic E-state index is 0.130. The maximum atomic E-state index is 11.6. The second-order valence-electron chi connectivity index (χ2n) is 3.43. The number of nitrogens with zero attached hydrogens (tertiary/aromatic N) is 3. The second-order valence-corrected chi connectivity index (χ2v) is 3.43. The van der Waals surface area contributed by atoms with Gasteiger partial charge in [0.2, 0.25) is 5.91 Å². The van der Waals surface area contributed by atoms with Crippen LogP contribution in [0.1, 0.15) is 5.56 Å². The lowest BCUT2D eigenvalue weighted by Gasteiger charge is -2.05. The number of rotatable bonds is 4. The average molecular weight is 232 g/mol. The fraction of sp³-hybridized carbons (Fsp3) is 0.182. The normalized spacial score (nSPS) is 9.94. The Morgan fingerprint density at radius 1 is 1.29 bits per heavy atom. The smallest absolute Gasteiger partial charge is 0.243 e. The minimum atomic E-state index is -0.130. The van der Waals surface area contributed by atoms with Crippen molar-refractivity contribution >= 4 is 5.91 Å². The predicted octanol–water partition coefficient (Wildman–Crippen LogP) is 0.599. The van der Waals surface area contributed by atoms with Gasteiger partial charge in [-0.2, -0.15) is 0 Å². The molecule has 0 aliphatic rings. The highest BCUT2D eigenvalue weighted by Gasteiger charge is 2.03. The van der Waals surface area contributed by atoms with Gasteiger partial charge in [-0.1, -0.05) is 12.1 Å². The molecule has 1 heterocycles. The molecule has 6 nitrogen and oxygen atoms in total. The highest BCUT2D eigenvalue weighted by Crippen LogP contribution is 2.11. The molecule has 0 fully saturated rings. The van der Waals surface area contributed by atoms with Crippen LogP contribution in [0.15, 0.2) is 36.9 Å². The van der Waals surface area contributed by atoms with Crippen LogP contribution in [0.25, 0.3) is 0 Å². The number of amides is 1. The number of ether oxygens (including phenoxy) is 1. The third kappa shape index (κ3) is 3.04. The molecule has 1 amide bonds. The fourth-order valence-corrected chi connectivity index (χ4v) is 1.37. The largest absolute Gasteiger partial charge is 0.497 e. The Kier molecular flexibility index (Phi) is 3.34. The van der Waals surface area contributed by atoms with Crippen LogP contribution < -0.4 is 10.2 Å². The van der Waals surface area contributed by atoms with Crippen molar-refractivity contribution < 1.29 is 9.53 Å². The van der Waals surface area contributed by atoms with Crippen molar-refractivity contribution in [3.63, 3.8) is 0 Å². The lowest BCUT2D eigenvalue weighted by Crippen LogP contribution is -2.23. The van der Waals surface area contributed by atoms with Gasteiger partial charge in [0.15, 0.2) is 0 Å². The zero-order chi connectivity index (χ0) is 12.1. The van der Waals surface area contributed by atoms with Crippen molar-refractivity contribution in [2.75, 3.05) is 12.5 Å². The van der Waals surface area contributed by atoms with Crippen molar-refractivity contribution in [2.24, 2.45) is 0 Å². The molecule has 1 N–H and O–H groups in total. The number of benzene rings is 1. The summed E-state index contributed by atoms with van der Waals surface area (Å²) in [7, 11) is 1.60. The van der Waals surface area contributed by atoms with E-state index in [1.54, 1.807) is 7.11 Å². The van der Waals surface area contributed by atoms with E-state index in [0.717, 1.165) is 11.3 Å². The van der Waals surface area contributed by atoms with Gasteiger partial charge in [0.1, 0.15) is 18.4 Å². The summed E-state index contributed by atoms with van der Waals surface area (Å²) in [6.45, 7) is 0. The number of carbonyl (C=O) groups excluding carboxylic acids is 1. The molecule has 1 aromatic carbocycles. The van der Waals surface area contributed by atoms with Crippen molar-refractivity contribution in [1.29, 1.82) is 0 Å². The van der Waals surface area contributed by atoms with E-state index < -0.39 is 0 Å². The molecule has 2 rings (SSSR count). The Bertz CT molecular complexity index is 479. The van der Waals surface area contributed by atoms with Crippen LogP contribution in [0.4, 0.5) is 0 Å². The minimum Gasteiger partial charge on any atom is -0.497 e. The van der Waals surface area contributed by atoms with Gasteiger partial charge in [0.25, 0.3) is 0 Å². The SMILES string of the molecule is COc1ccc(CC(=O)Nn2cnnc2)cc1. The molecule has 0 radical (unpaired) electrons. The van der Waals surface area contributed by atoms with E-state index in [2.05, 4.69) is 15.6 Å². The molecule has 0 bridgehead atoms.